The molecule has 10 heavy (non-hydrogen) atoms. The Hall–Kier alpha value is 0.870. The van der Waals surface area contributed by atoms with E-state index < -0.39 is 10.1 Å². The standard InChI is InChI=1S/C4H8Br2O3S/c1-9-10(7,8)3-4(6)2-5/h4H,2-3H2,1H3. The minimum absolute atomic E-state index is 0.00521. The van der Waals surface area contributed by atoms with Crippen LogP contribution in [0, 0.1) is 0 Å². The van der Waals surface area contributed by atoms with Gasteiger partial charge in [-0.2, -0.15) is 8.42 Å². The normalized spacial score (nSPS) is 15.1. The Kier molecular flexibility index (Phi) is 5.10. The largest absolute Gasteiger partial charge is 0.273 e. The molecule has 0 aromatic carbocycles. The molecule has 0 amide bonds. The lowest BCUT2D eigenvalue weighted by Crippen LogP contribution is -2.17. The molecule has 0 aliphatic rings. The first kappa shape index (κ1) is 10.9. The van der Waals surface area contributed by atoms with Crippen LogP contribution in [-0.4, -0.2) is 31.4 Å². The van der Waals surface area contributed by atoms with Gasteiger partial charge in [-0.25, -0.2) is 0 Å². The van der Waals surface area contributed by atoms with E-state index >= 15 is 0 Å². The molecule has 1 atom stereocenters. The average molecular weight is 296 g/mol. The lowest BCUT2D eigenvalue weighted by molar-refractivity contribution is 0.398. The third kappa shape index (κ3) is 4.65. The average Bonchev–Trinajstić information content (AvgIpc) is 1.87. The van der Waals surface area contributed by atoms with Gasteiger partial charge in [-0.1, -0.05) is 31.9 Å². The van der Waals surface area contributed by atoms with Gasteiger partial charge < -0.3 is 0 Å². The molecule has 0 heterocycles. The topological polar surface area (TPSA) is 43.4 Å². The number of hydrogen-bond acceptors (Lipinski definition) is 3. The fraction of sp³-hybridized carbons (Fsp3) is 1.00. The predicted molar refractivity (Wildman–Crippen MR) is 47.3 cm³/mol. The van der Waals surface area contributed by atoms with Gasteiger partial charge in [0.1, 0.15) is 0 Å². The van der Waals surface area contributed by atoms with Crippen molar-refractivity contribution < 1.29 is 12.6 Å². The van der Waals surface area contributed by atoms with Gasteiger partial charge >= 0.3 is 0 Å². The zero-order chi connectivity index (χ0) is 8.20. The third-order valence-electron chi connectivity index (χ3n) is 0.806. The minimum atomic E-state index is -3.31. The molecular formula is C4H8Br2O3S. The quantitative estimate of drug-likeness (QED) is 0.577. The highest BCUT2D eigenvalue weighted by molar-refractivity contribution is 9.12. The number of halogens is 2. The van der Waals surface area contributed by atoms with Crippen molar-refractivity contribution in [3.8, 4) is 0 Å². The van der Waals surface area contributed by atoms with Crippen LogP contribution in [-0.2, 0) is 14.3 Å². The molecular weight excluding hydrogens is 288 g/mol. The van der Waals surface area contributed by atoms with Gasteiger partial charge in [-0.05, 0) is 0 Å². The fourth-order valence-corrected chi connectivity index (χ4v) is 2.53. The lowest BCUT2D eigenvalue weighted by Gasteiger charge is -2.03. The van der Waals surface area contributed by atoms with Crippen LogP contribution in [0.4, 0.5) is 0 Å². The van der Waals surface area contributed by atoms with E-state index in [1.54, 1.807) is 0 Å². The maximum absolute atomic E-state index is 10.7. The summed E-state index contributed by atoms with van der Waals surface area (Å²) in [7, 11) is -2.15. The van der Waals surface area contributed by atoms with E-state index in [0.717, 1.165) is 7.11 Å². The molecule has 0 aliphatic carbocycles. The summed E-state index contributed by atoms with van der Waals surface area (Å²) < 4.78 is 25.6. The van der Waals surface area contributed by atoms with E-state index in [1.165, 1.54) is 0 Å². The third-order valence-corrected chi connectivity index (χ3v) is 4.85. The maximum Gasteiger partial charge on any atom is 0.268 e. The summed E-state index contributed by atoms with van der Waals surface area (Å²) in [4.78, 5) is -0.0857. The van der Waals surface area contributed by atoms with Crippen LogP contribution >= 0.6 is 31.9 Å². The summed E-state index contributed by atoms with van der Waals surface area (Å²) in [5.74, 6) is -0.00521. The van der Waals surface area contributed by atoms with Crippen molar-refractivity contribution in [3.63, 3.8) is 0 Å². The van der Waals surface area contributed by atoms with Crippen LogP contribution in [0.3, 0.4) is 0 Å². The smallest absolute Gasteiger partial charge is 0.268 e. The van der Waals surface area contributed by atoms with E-state index in [-0.39, 0.29) is 10.6 Å². The van der Waals surface area contributed by atoms with Gasteiger partial charge in [-0.3, -0.25) is 4.18 Å². The molecule has 0 saturated carbocycles. The Balaban J connectivity index is 3.90. The molecule has 1 unspecified atom stereocenters. The Bertz CT molecular complexity index is 177. The van der Waals surface area contributed by atoms with Crippen molar-refractivity contribution in [1.29, 1.82) is 0 Å². The highest BCUT2D eigenvalue weighted by atomic mass is 79.9. The number of alkyl halides is 2. The maximum atomic E-state index is 10.7. The Morgan fingerprint density at radius 3 is 2.40 bits per heavy atom. The Morgan fingerprint density at radius 2 is 2.10 bits per heavy atom. The van der Waals surface area contributed by atoms with Crippen molar-refractivity contribution in [3.05, 3.63) is 0 Å². The zero-order valence-corrected chi connectivity index (χ0v) is 9.37. The summed E-state index contributed by atoms with van der Waals surface area (Å²) in [5.41, 5.74) is 0. The molecule has 0 rings (SSSR count). The van der Waals surface area contributed by atoms with E-state index in [4.69, 9.17) is 0 Å². The second kappa shape index (κ2) is 4.69. The van der Waals surface area contributed by atoms with Gasteiger partial charge in [0, 0.05) is 10.2 Å². The highest BCUT2D eigenvalue weighted by Crippen LogP contribution is 2.07. The van der Waals surface area contributed by atoms with E-state index in [2.05, 4.69) is 36.0 Å². The molecule has 3 nitrogen and oxygen atoms in total. The van der Waals surface area contributed by atoms with Crippen LogP contribution in [0.2, 0.25) is 0 Å². The predicted octanol–water partition coefficient (Wildman–Crippen LogP) is 1.12. The highest BCUT2D eigenvalue weighted by Gasteiger charge is 2.14. The van der Waals surface area contributed by atoms with E-state index in [0.29, 0.717) is 5.33 Å². The fourth-order valence-electron chi connectivity index (χ4n) is 0.334. The summed E-state index contributed by atoms with van der Waals surface area (Å²) in [5, 5.41) is 0.593. The van der Waals surface area contributed by atoms with E-state index in [9.17, 15) is 8.42 Å². The molecule has 0 spiro atoms. The molecule has 0 saturated heterocycles. The first-order valence-electron chi connectivity index (χ1n) is 2.50. The molecule has 0 N–H and O–H groups in total. The molecule has 0 aromatic heterocycles. The van der Waals surface area contributed by atoms with Gasteiger partial charge in [0.2, 0.25) is 0 Å². The summed E-state index contributed by atoms with van der Waals surface area (Å²) in [6.07, 6.45) is 0. The second-order valence-electron chi connectivity index (χ2n) is 1.64. The Labute approximate surface area is 77.5 Å². The van der Waals surface area contributed by atoms with Crippen molar-refractivity contribution in [2.75, 3.05) is 18.2 Å². The first-order chi connectivity index (χ1) is 4.52. The second-order valence-corrected chi connectivity index (χ2v) is 5.37. The van der Waals surface area contributed by atoms with E-state index in [1.807, 2.05) is 0 Å². The Morgan fingerprint density at radius 1 is 1.60 bits per heavy atom. The van der Waals surface area contributed by atoms with Crippen molar-refractivity contribution in [1.82, 2.24) is 0 Å². The van der Waals surface area contributed by atoms with Gasteiger partial charge in [0.25, 0.3) is 10.1 Å². The summed E-state index contributed by atoms with van der Waals surface area (Å²) >= 11 is 6.28. The van der Waals surface area contributed by atoms with Crippen LogP contribution in [0.5, 0.6) is 0 Å². The van der Waals surface area contributed by atoms with Crippen molar-refractivity contribution in [2.24, 2.45) is 0 Å². The molecule has 0 aromatic rings. The van der Waals surface area contributed by atoms with Crippen LogP contribution < -0.4 is 0 Å². The molecule has 0 bridgehead atoms. The van der Waals surface area contributed by atoms with Crippen LogP contribution in [0.15, 0.2) is 0 Å². The first-order valence-corrected chi connectivity index (χ1v) is 6.11. The van der Waals surface area contributed by atoms with Crippen molar-refractivity contribution in [2.45, 2.75) is 4.83 Å². The minimum Gasteiger partial charge on any atom is -0.273 e. The molecule has 0 radical (unpaired) electrons. The van der Waals surface area contributed by atoms with Gasteiger partial charge in [0.05, 0.1) is 12.9 Å². The summed E-state index contributed by atoms with van der Waals surface area (Å²) in [6.45, 7) is 0. The van der Waals surface area contributed by atoms with Crippen molar-refractivity contribution >= 4 is 42.0 Å². The van der Waals surface area contributed by atoms with Crippen LogP contribution in [0.1, 0.15) is 0 Å². The number of rotatable bonds is 4. The zero-order valence-electron chi connectivity index (χ0n) is 5.38. The molecule has 6 heteroatoms. The summed E-state index contributed by atoms with van der Waals surface area (Å²) in [6, 6.07) is 0. The van der Waals surface area contributed by atoms with Crippen LogP contribution in [0.25, 0.3) is 0 Å². The molecule has 0 aliphatic heterocycles. The SMILES string of the molecule is COS(=O)(=O)CC(Br)CBr. The van der Waals surface area contributed by atoms with Gasteiger partial charge in [-0.15, -0.1) is 0 Å². The lowest BCUT2D eigenvalue weighted by atomic mass is 10.6. The number of hydrogen-bond donors (Lipinski definition) is 0. The molecule has 62 valence electrons. The molecule has 0 fully saturated rings. The monoisotopic (exact) mass is 294 g/mol. The van der Waals surface area contributed by atoms with Gasteiger partial charge in [0.15, 0.2) is 0 Å².